The molecule has 2 N–H and O–H groups in total. The molecule has 0 fully saturated rings. The third kappa shape index (κ3) is 5.86. The molecule has 0 atom stereocenters. The van der Waals surface area contributed by atoms with Gasteiger partial charge in [-0.2, -0.15) is 0 Å². The maximum atomic E-state index is 12.6. The number of nitrogens with zero attached hydrogens (tertiary/aromatic N) is 3. The normalized spacial score (nSPS) is 11.3. The summed E-state index contributed by atoms with van der Waals surface area (Å²) >= 11 is 5.88. The number of amides is 1. The third-order valence-electron chi connectivity index (χ3n) is 4.59. The Kier molecular flexibility index (Phi) is 6.27. The first kappa shape index (κ1) is 22.3. The lowest BCUT2D eigenvalue weighted by Gasteiger charge is -2.13. The smallest absolute Gasteiger partial charge is 0.406 e. The number of hydrogen-bond acceptors (Lipinski definition) is 5. The van der Waals surface area contributed by atoms with E-state index in [0.717, 1.165) is 5.56 Å². The number of benzene rings is 3. The van der Waals surface area contributed by atoms with Gasteiger partial charge in [0.1, 0.15) is 5.75 Å². The van der Waals surface area contributed by atoms with Gasteiger partial charge < -0.3 is 10.1 Å². The first-order valence-electron chi connectivity index (χ1n) is 9.55. The Bertz CT molecular complexity index is 1240. The molecule has 168 valence electrons. The van der Waals surface area contributed by atoms with Gasteiger partial charge in [-0.3, -0.25) is 4.79 Å². The van der Waals surface area contributed by atoms with Crippen LogP contribution < -0.4 is 10.1 Å². The van der Waals surface area contributed by atoms with E-state index in [4.69, 9.17) is 11.6 Å². The highest BCUT2D eigenvalue weighted by Crippen LogP contribution is 2.32. The highest BCUT2D eigenvalue weighted by atomic mass is 35.5. The van der Waals surface area contributed by atoms with Gasteiger partial charge in [-0.05, 0) is 63.5 Å². The lowest BCUT2D eigenvalue weighted by atomic mass is 10.0. The van der Waals surface area contributed by atoms with Crippen LogP contribution in [0.25, 0.3) is 22.5 Å². The predicted octanol–water partition coefficient (Wildman–Crippen LogP) is 5.27. The van der Waals surface area contributed by atoms with Gasteiger partial charge >= 0.3 is 6.36 Å². The van der Waals surface area contributed by atoms with E-state index in [1.807, 2.05) is 0 Å². The summed E-state index contributed by atoms with van der Waals surface area (Å²) in [6.07, 6.45) is -4.63. The second-order valence-electron chi connectivity index (χ2n) is 6.93. The molecule has 0 bridgehead atoms. The fourth-order valence-electron chi connectivity index (χ4n) is 3.13. The molecule has 11 heteroatoms. The number of carbonyl (C=O) groups excluding carboxylic acids is 1. The van der Waals surface area contributed by atoms with E-state index < -0.39 is 6.36 Å². The lowest BCUT2D eigenvalue weighted by molar-refractivity contribution is -0.274. The maximum Gasteiger partial charge on any atom is 0.573 e. The monoisotopic (exact) mass is 473 g/mol. The van der Waals surface area contributed by atoms with E-state index in [9.17, 15) is 18.0 Å². The summed E-state index contributed by atoms with van der Waals surface area (Å²) in [4.78, 5) is 12.6. The van der Waals surface area contributed by atoms with Crippen molar-refractivity contribution in [3.63, 3.8) is 0 Å². The predicted molar refractivity (Wildman–Crippen MR) is 116 cm³/mol. The van der Waals surface area contributed by atoms with Crippen molar-refractivity contribution in [2.24, 2.45) is 0 Å². The van der Waals surface area contributed by atoms with Crippen LogP contribution in [0.5, 0.6) is 5.75 Å². The van der Waals surface area contributed by atoms with Crippen LogP contribution in [0.15, 0.2) is 66.7 Å². The Morgan fingerprint density at radius 1 is 1.00 bits per heavy atom. The molecule has 1 aromatic heterocycles. The first-order chi connectivity index (χ1) is 15.8. The summed E-state index contributed by atoms with van der Waals surface area (Å²) in [5.41, 5.74) is 3.08. The SMILES string of the molecule is O=C(Cc1ccc(Cl)cc1)Nc1ccc(-c2ccc(OC(F)(F)F)cc2)cc1-c1nnn[nH]1. The maximum absolute atomic E-state index is 12.6. The number of hydrogen-bond donors (Lipinski definition) is 2. The van der Waals surface area contributed by atoms with E-state index in [1.165, 1.54) is 24.3 Å². The van der Waals surface area contributed by atoms with Gasteiger partial charge in [0.2, 0.25) is 5.91 Å². The molecule has 0 aliphatic rings. The molecule has 0 aliphatic carbocycles. The van der Waals surface area contributed by atoms with Crippen molar-refractivity contribution in [2.75, 3.05) is 5.32 Å². The summed E-state index contributed by atoms with van der Waals surface area (Å²) in [6, 6.07) is 17.5. The fourth-order valence-corrected chi connectivity index (χ4v) is 3.26. The summed E-state index contributed by atoms with van der Waals surface area (Å²) in [5.74, 6) is -0.264. The Balaban J connectivity index is 1.58. The van der Waals surface area contributed by atoms with Crippen LogP contribution in [-0.2, 0) is 11.2 Å². The standard InChI is InChI=1S/C22H15ClF3N5O2/c23-16-6-1-13(2-7-16)11-20(32)27-19-10-5-15(12-18(19)21-28-30-31-29-21)14-3-8-17(9-4-14)33-22(24,25)26/h1-10,12H,11H2,(H,27,32)(H,28,29,30,31). The molecule has 4 rings (SSSR count). The van der Waals surface area contributed by atoms with Crippen LogP contribution in [-0.4, -0.2) is 32.9 Å². The third-order valence-corrected chi connectivity index (χ3v) is 4.85. The number of tetrazole rings is 1. The zero-order valence-corrected chi connectivity index (χ0v) is 17.5. The first-order valence-corrected chi connectivity index (χ1v) is 9.93. The lowest BCUT2D eigenvalue weighted by Crippen LogP contribution is -2.16. The number of H-pyrrole nitrogens is 1. The molecule has 0 saturated carbocycles. The van der Waals surface area contributed by atoms with Gasteiger partial charge in [0.25, 0.3) is 0 Å². The van der Waals surface area contributed by atoms with Gasteiger partial charge in [-0.1, -0.05) is 41.9 Å². The van der Waals surface area contributed by atoms with Gasteiger partial charge in [0.05, 0.1) is 12.1 Å². The van der Waals surface area contributed by atoms with Crippen LogP contribution in [0.4, 0.5) is 18.9 Å². The molecule has 3 aromatic carbocycles. The van der Waals surface area contributed by atoms with E-state index >= 15 is 0 Å². The van der Waals surface area contributed by atoms with Gasteiger partial charge in [0, 0.05) is 10.6 Å². The van der Waals surface area contributed by atoms with Crippen molar-refractivity contribution in [2.45, 2.75) is 12.8 Å². The molecule has 0 aliphatic heterocycles. The number of rotatable bonds is 6. The number of aromatic nitrogens is 4. The fraction of sp³-hybridized carbons (Fsp3) is 0.0909. The number of halogens is 4. The molecule has 1 heterocycles. The molecule has 7 nitrogen and oxygen atoms in total. The average Bonchev–Trinajstić information content (AvgIpc) is 3.30. The van der Waals surface area contributed by atoms with Crippen LogP contribution in [0.3, 0.4) is 0 Å². The number of anilines is 1. The summed E-state index contributed by atoms with van der Waals surface area (Å²) in [6.45, 7) is 0. The number of aromatic amines is 1. The van der Waals surface area contributed by atoms with Crippen LogP contribution >= 0.6 is 11.6 Å². The number of nitrogens with one attached hydrogen (secondary N) is 2. The van der Waals surface area contributed by atoms with Crippen molar-refractivity contribution >= 4 is 23.2 Å². The largest absolute Gasteiger partial charge is 0.573 e. The highest BCUT2D eigenvalue weighted by Gasteiger charge is 2.31. The number of ether oxygens (including phenoxy) is 1. The van der Waals surface area contributed by atoms with Crippen molar-refractivity contribution in [1.82, 2.24) is 20.6 Å². The van der Waals surface area contributed by atoms with Crippen molar-refractivity contribution in [3.8, 4) is 28.3 Å². The molecule has 0 unspecified atom stereocenters. The highest BCUT2D eigenvalue weighted by molar-refractivity contribution is 6.30. The molecule has 1 amide bonds. The molecule has 0 radical (unpaired) electrons. The minimum Gasteiger partial charge on any atom is -0.406 e. The minimum atomic E-state index is -4.76. The van der Waals surface area contributed by atoms with Gasteiger partial charge in [-0.25, -0.2) is 5.10 Å². The average molecular weight is 474 g/mol. The van der Waals surface area contributed by atoms with E-state index in [2.05, 4.69) is 30.7 Å². The number of carbonyl (C=O) groups is 1. The topological polar surface area (TPSA) is 92.8 Å². The summed E-state index contributed by atoms with van der Waals surface area (Å²) < 4.78 is 41.1. The van der Waals surface area contributed by atoms with Gasteiger partial charge in [-0.15, -0.1) is 18.3 Å². The van der Waals surface area contributed by atoms with E-state index in [1.54, 1.807) is 42.5 Å². The molecule has 0 spiro atoms. The Hall–Kier alpha value is -3.92. The second-order valence-corrected chi connectivity index (χ2v) is 7.37. The molecular weight excluding hydrogens is 459 g/mol. The van der Waals surface area contributed by atoms with Gasteiger partial charge in [0.15, 0.2) is 5.82 Å². The van der Waals surface area contributed by atoms with Crippen molar-refractivity contribution in [1.29, 1.82) is 0 Å². The second kappa shape index (κ2) is 9.29. The van der Waals surface area contributed by atoms with Crippen molar-refractivity contribution < 1.29 is 22.7 Å². The van der Waals surface area contributed by atoms with E-state index in [0.29, 0.717) is 33.2 Å². The Morgan fingerprint density at radius 2 is 1.70 bits per heavy atom. The zero-order chi connectivity index (χ0) is 23.4. The van der Waals surface area contributed by atoms with E-state index in [-0.39, 0.29) is 18.1 Å². The zero-order valence-electron chi connectivity index (χ0n) is 16.7. The molecular formula is C22H15ClF3N5O2. The Morgan fingerprint density at radius 3 is 2.33 bits per heavy atom. The Labute approximate surface area is 190 Å². The quantitative estimate of drug-likeness (QED) is 0.398. The molecule has 4 aromatic rings. The van der Waals surface area contributed by atoms with Crippen LogP contribution in [0.1, 0.15) is 5.56 Å². The van der Waals surface area contributed by atoms with Crippen LogP contribution in [0, 0.1) is 0 Å². The minimum absolute atomic E-state index is 0.133. The van der Waals surface area contributed by atoms with Crippen molar-refractivity contribution in [3.05, 3.63) is 77.3 Å². The van der Waals surface area contributed by atoms with Crippen LogP contribution in [0.2, 0.25) is 5.02 Å². The molecule has 33 heavy (non-hydrogen) atoms. The number of alkyl halides is 3. The summed E-state index contributed by atoms with van der Waals surface area (Å²) in [5, 5.41) is 17.1. The summed E-state index contributed by atoms with van der Waals surface area (Å²) in [7, 11) is 0. The molecule has 0 saturated heterocycles.